The third-order valence-corrected chi connectivity index (χ3v) is 8.71. The third kappa shape index (κ3) is 8.20. The first-order valence-corrected chi connectivity index (χ1v) is 17.2. The highest BCUT2D eigenvalue weighted by atomic mass is 16.5. The van der Waals surface area contributed by atoms with Crippen molar-refractivity contribution in [3.8, 4) is 23.0 Å². The summed E-state index contributed by atoms with van der Waals surface area (Å²) >= 11 is 0. The molecule has 0 aliphatic rings. The molecular formula is C46H40N2O4. The van der Waals surface area contributed by atoms with Crippen molar-refractivity contribution < 1.29 is 18.9 Å². The van der Waals surface area contributed by atoms with E-state index in [-0.39, 0.29) is 0 Å². The van der Waals surface area contributed by atoms with Gasteiger partial charge in [-0.05, 0) is 132 Å². The molecule has 7 rings (SSSR count). The minimum absolute atomic E-state index is 0.460. The number of para-hydroxylation sites is 2. The lowest BCUT2D eigenvalue weighted by atomic mass is 10.1. The molecule has 258 valence electrons. The molecule has 52 heavy (non-hydrogen) atoms. The van der Waals surface area contributed by atoms with Crippen LogP contribution in [0.4, 0.5) is 34.1 Å². The second-order valence-electron chi connectivity index (χ2n) is 12.1. The molecule has 0 spiro atoms. The highest BCUT2D eigenvalue weighted by molar-refractivity contribution is 5.78. The average Bonchev–Trinajstić information content (AvgIpc) is 3.22. The van der Waals surface area contributed by atoms with Gasteiger partial charge in [-0.25, -0.2) is 0 Å². The van der Waals surface area contributed by atoms with E-state index >= 15 is 0 Å². The zero-order chi connectivity index (χ0) is 35.5. The minimum Gasteiger partial charge on any atom is -0.497 e. The summed E-state index contributed by atoms with van der Waals surface area (Å²) in [6.07, 6.45) is 0. The van der Waals surface area contributed by atoms with Crippen molar-refractivity contribution in [2.45, 2.75) is 13.2 Å². The molecule has 0 saturated heterocycles. The van der Waals surface area contributed by atoms with Gasteiger partial charge in [-0.2, -0.15) is 0 Å². The molecule has 0 amide bonds. The number of methoxy groups -OCH3 is 2. The number of hydrogen-bond acceptors (Lipinski definition) is 6. The van der Waals surface area contributed by atoms with E-state index in [1.165, 1.54) is 0 Å². The van der Waals surface area contributed by atoms with Crippen LogP contribution in [0.25, 0.3) is 0 Å². The van der Waals surface area contributed by atoms with Crippen molar-refractivity contribution in [1.29, 1.82) is 0 Å². The zero-order valence-electron chi connectivity index (χ0n) is 29.3. The Kier molecular flexibility index (Phi) is 10.6. The van der Waals surface area contributed by atoms with Crippen LogP contribution >= 0.6 is 0 Å². The van der Waals surface area contributed by atoms with Gasteiger partial charge in [0.1, 0.15) is 36.2 Å². The first-order valence-electron chi connectivity index (χ1n) is 17.2. The number of benzene rings is 7. The Hall–Kier alpha value is -6.66. The largest absolute Gasteiger partial charge is 0.497 e. The van der Waals surface area contributed by atoms with Gasteiger partial charge in [-0.3, -0.25) is 0 Å². The number of anilines is 6. The van der Waals surface area contributed by atoms with Crippen molar-refractivity contribution in [2.24, 2.45) is 0 Å². The van der Waals surface area contributed by atoms with Crippen LogP contribution in [0.15, 0.2) is 182 Å². The molecule has 0 saturated carbocycles. The molecule has 0 N–H and O–H groups in total. The van der Waals surface area contributed by atoms with Crippen LogP contribution < -0.4 is 28.7 Å². The molecule has 6 heteroatoms. The average molecular weight is 685 g/mol. The lowest BCUT2D eigenvalue weighted by Crippen LogP contribution is -2.10. The van der Waals surface area contributed by atoms with Crippen molar-refractivity contribution in [3.63, 3.8) is 0 Å². The van der Waals surface area contributed by atoms with E-state index in [0.29, 0.717) is 13.2 Å². The van der Waals surface area contributed by atoms with Gasteiger partial charge in [0, 0.05) is 34.1 Å². The summed E-state index contributed by atoms with van der Waals surface area (Å²) in [5.74, 6) is 3.23. The first-order chi connectivity index (χ1) is 25.7. The maximum absolute atomic E-state index is 6.18. The molecule has 0 bridgehead atoms. The predicted octanol–water partition coefficient (Wildman–Crippen LogP) is 11.8. The lowest BCUT2D eigenvalue weighted by molar-refractivity contribution is 0.302. The van der Waals surface area contributed by atoms with Crippen molar-refractivity contribution >= 4 is 34.1 Å². The quantitative estimate of drug-likeness (QED) is 0.114. The Morgan fingerprint density at radius 1 is 0.308 bits per heavy atom. The molecule has 0 atom stereocenters. The van der Waals surface area contributed by atoms with Gasteiger partial charge < -0.3 is 28.7 Å². The second kappa shape index (κ2) is 16.4. The normalized spacial score (nSPS) is 10.7. The third-order valence-electron chi connectivity index (χ3n) is 8.71. The second-order valence-corrected chi connectivity index (χ2v) is 12.1. The molecular weight excluding hydrogens is 645 g/mol. The Morgan fingerprint density at radius 2 is 0.577 bits per heavy atom. The SMILES string of the molecule is COc1ccc(N(c2ccc(OC)cc2)c2ccc(OCc3ccc(COc4ccc(N(c5ccccc5)c5ccccc5)cc4)cc3)cc2)cc1. The minimum atomic E-state index is 0.460. The van der Waals surface area contributed by atoms with Gasteiger partial charge in [0.15, 0.2) is 0 Å². The fourth-order valence-electron chi connectivity index (χ4n) is 5.96. The molecule has 6 nitrogen and oxygen atoms in total. The van der Waals surface area contributed by atoms with E-state index in [1.807, 2.05) is 84.9 Å². The van der Waals surface area contributed by atoms with Crippen LogP contribution in [0.3, 0.4) is 0 Å². The lowest BCUT2D eigenvalue weighted by Gasteiger charge is -2.26. The zero-order valence-corrected chi connectivity index (χ0v) is 29.3. The highest BCUT2D eigenvalue weighted by Crippen LogP contribution is 2.37. The summed E-state index contributed by atoms with van der Waals surface area (Å²) < 4.78 is 23.1. The van der Waals surface area contributed by atoms with Crippen molar-refractivity contribution in [2.75, 3.05) is 24.0 Å². The molecule has 0 aliphatic heterocycles. The van der Waals surface area contributed by atoms with Crippen molar-refractivity contribution in [1.82, 2.24) is 0 Å². The Labute approximate surface area is 305 Å². The fraction of sp³-hybridized carbons (Fsp3) is 0.0870. The van der Waals surface area contributed by atoms with Crippen LogP contribution in [0.2, 0.25) is 0 Å². The molecule has 0 aromatic heterocycles. The molecule has 0 aliphatic carbocycles. The number of hydrogen-bond donors (Lipinski definition) is 0. The molecule has 0 heterocycles. The Balaban J connectivity index is 0.959. The summed E-state index contributed by atoms with van der Waals surface area (Å²) in [6.45, 7) is 0.934. The van der Waals surface area contributed by atoms with Crippen LogP contribution in [-0.4, -0.2) is 14.2 Å². The fourth-order valence-corrected chi connectivity index (χ4v) is 5.96. The van der Waals surface area contributed by atoms with E-state index in [2.05, 4.69) is 107 Å². The monoisotopic (exact) mass is 684 g/mol. The standard InChI is InChI=1S/C46H40N2O4/c1-49-43-25-17-39(18-26-43)48(40-19-27-44(50-2)28-20-40)42-23-31-46(32-24-42)52-34-36-15-13-35(14-16-36)33-51-45-29-21-41(22-30-45)47(37-9-5-3-6-10-37)38-11-7-4-8-12-38/h3-32H,33-34H2,1-2H3. The molecule has 0 radical (unpaired) electrons. The molecule has 7 aromatic carbocycles. The summed E-state index contributed by atoms with van der Waals surface area (Å²) in [5, 5.41) is 0. The topological polar surface area (TPSA) is 43.4 Å². The number of ether oxygens (including phenoxy) is 4. The van der Waals surface area contributed by atoms with Gasteiger partial charge >= 0.3 is 0 Å². The van der Waals surface area contributed by atoms with Crippen LogP contribution in [0.5, 0.6) is 23.0 Å². The molecule has 0 unspecified atom stereocenters. The van der Waals surface area contributed by atoms with E-state index in [4.69, 9.17) is 18.9 Å². The summed E-state index contributed by atoms with van der Waals surface area (Å²) in [4.78, 5) is 4.42. The van der Waals surface area contributed by atoms with Gasteiger partial charge in [0.25, 0.3) is 0 Å². The smallest absolute Gasteiger partial charge is 0.119 e. The van der Waals surface area contributed by atoms with Gasteiger partial charge in [0.2, 0.25) is 0 Å². The van der Waals surface area contributed by atoms with E-state index < -0.39 is 0 Å². The van der Waals surface area contributed by atoms with Gasteiger partial charge in [-0.15, -0.1) is 0 Å². The van der Waals surface area contributed by atoms with E-state index in [0.717, 1.165) is 68.2 Å². The summed E-state index contributed by atoms with van der Waals surface area (Å²) in [6, 6.07) is 61.5. The number of rotatable bonds is 14. The Morgan fingerprint density at radius 3 is 0.865 bits per heavy atom. The van der Waals surface area contributed by atoms with Crippen LogP contribution in [-0.2, 0) is 13.2 Å². The predicted molar refractivity (Wildman–Crippen MR) is 210 cm³/mol. The maximum atomic E-state index is 6.18. The van der Waals surface area contributed by atoms with Crippen LogP contribution in [0.1, 0.15) is 11.1 Å². The maximum Gasteiger partial charge on any atom is 0.119 e. The number of nitrogens with zero attached hydrogens (tertiary/aromatic N) is 2. The van der Waals surface area contributed by atoms with Gasteiger partial charge in [-0.1, -0.05) is 60.7 Å². The Bertz CT molecular complexity index is 2030. The first kappa shape index (κ1) is 33.8. The van der Waals surface area contributed by atoms with Gasteiger partial charge in [0.05, 0.1) is 14.2 Å². The highest BCUT2D eigenvalue weighted by Gasteiger charge is 2.14. The molecule has 0 fully saturated rings. The van der Waals surface area contributed by atoms with Crippen LogP contribution in [0, 0.1) is 0 Å². The van der Waals surface area contributed by atoms with E-state index in [9.17, 15) is 0 Å². The van der Waals surface area contributed by atoms with E-state index in [1.54, 1.807) is 14.2 Å². The van der Waals surface area contributed by atoms with Crippen molar-refractivity contribution in [3.05, 3.63) is 193 Å². The summed E-state index contributed by atoms with van der Waals surface area (Å²) in [7, 11) is 3.34. The molecule has 7 aromatic rings. The summed E-state index contributed by atoms with van der Waals surface area (Å²) in [5.41, 5.74) is 8.47.